The first-order valence-corrected chi connectivity index (χ1v) is 5.79. The van der Waals surface area contributed by atoms with Crippen molar-refractivity contribution < 1.29 is 13.9 Å². The van der Waals surface area contributed by atoms with E-state index in [0.29, 0.717) is 0 Å². The molecular weight excluding hydrogens is 210 g/mol. The van der Waals surface area contributed by atoms with Gasteiger partial charge in [0.1, 0.15) is 11.6 Å². The quantitative estimate of drug-likeness (QED) is 0.839. The standard InChI is InChI=1S/C13H16F2O/c14-11-5-6-12(15)10(7-11)8-13(16)9-3-1-2-4-9/h5-7,9,13,16H,1-4,8H2. The number of halogens is 2. The van der Waals surface area contributed by atoms with Gasteiger partial charge in [0.25, 0.3) is 0 Å². The summed E-state index contributed by atoms with van der Waals surface area (Å²) in [5.74, 6) is -0.629. The smallest absolute Gasteiger partial charge is 0.126 e. The zero-order valence-corrected chi connectivity index (χ0v) is 9.13. The molecule has 2 rings (SSSR count). The van der Waals surface area contributed by atoms with Crippen LogP contribution >= 0.6 is 0 Å². The molecule has 0 aliphatic heterocycles. The third-order valence-electron chi connectivity index (χ3n) is 3.38. The molecule has 0 aromatic heterocycles. The Balaban J connectivity index is 2.04. The second-order valence-corrected chi connectivity index (χ2v) is 4.55. The maximum atomic E-state index is 13.3. The lowest BCUT2D eigenvalue weighted by molar-refractivity contribution is 0.110. The van der Waals surface area contributed by atoms with E-state index in [1.165, 1.54) is 6.07 Å². The van der Waals surface area contributed by atoms with E-state index in [1.807, 2.05) is 0 Å². The van der Waals surface area contributed by atoms with Crippen molar-refractivity contribution in [2.75, 3.05) is 0 Å². The highest BCUT2D eigenvalue weighted by molar-refractivity contribution is 5.19. The second kappa shape index (κ2) is 4.91. The predicted octanol–water partition coefficient (Wildman–Crippen LogP) is 3.06. The van der Waals surface area contributed by atoms with Crippen LogP contribution in [0.15, 0.2) is 18.2 Å². The van der Waals surface area contributed by atoms with Gasteiger partial charge in [0.15, 0.2) is 0 Å². The molecule has 88 valence electrons. The lowest BCUT2D eigenvalue weighted by atomic mass is 9.94. The molecule has 1 nitrogen and oxygen atoms in total. The van der Waals surface area contributed by atoms with E-state index < -0.39 is 17.7 Å². The molecule has 1 aromatic carbocycles. The van der Waals surface area contributed by atoms with Gasteiger partial charge in [0.05, 0.1) is 6.10 Å². The van der Waals surface area contributed by atoms with Crippen LogP contribution in [0, 0.1) is 17.6 Å². The second-order valence-electron chi connectivity index (χ2n) is 4.55. The summed E-state index contributed by atoms with van der Waals surface area (Å²) in [6, 6.07) is 3.39. The average molecular weight is 226 g/mol. The van der Waals surface area contributed by atoms with Gasteiger partial charge < -0.3 is 5.11 Å². The van der Waals surface area contributed by atoms with E-state index in [2.05, 4.69) is 0 Å². The third kappa shape index (κ3) is 2.59. The lowest BCUT2D eigenvalue weighted by Gasteiger charge is -2.17. The van der Waals surface area contributed by atoms with Crippen LogP contribution in [0.25, 0.3) is 0 Å². The highest BCUT2D eigenvalue weighted by Crippen LogP contribution is 2.29. The zero-order chi connectivity index (χ0) is 11.5. The monoisotopic (exact) mass is 226 g/mol. The number of hydrogen-bond acceptors (Lipinski definition) is 1. The molecule has 0 amide bonds. The fourth-order valence-electron chi connectivity index (χ4n) is 2.43. The van der Waals surface area contributed by atoms with Crippen LogP contribution in [0.4, 0.5) is 8.78 Å². The number of hydrogen-bond donors (Lipinski definition) is 1. The molecule has 1 saturated carbocycles. The summed E-state index contributed by atoms with van der Waals surface area (Å²) in [5.41, 5.74) is 0.277. The number of benzene rings is 1. The molecule has 1 aliphatic rings. The first-order chi connectivity index (χ1) is 7.66. The maximum Gasteiger partial charge on any atom is 0.126 e. The molecule has 1 N–H and O–H groups in total. The molecule has 16 heavy (non-hydrogen) atoms. The van der Waals surface area contributed by atoms with Crippen LogP contribution in [0.3, 0.4) is 0 Å². The Morgan fingerprint density at radius 1 is 1.25 bits per heavy atom. The van der Waals surface area contributed by atoms with Gasteiger partial charge in [0.2, 0.25) is 0 Å². The van der Waals surface area contributed by atoms with E-state index in [9.17, 15) is 13.9 Å². The summed E-state index contributed by atoms with van der Waals surface area (Å²) >= 11 is 0. The molecule has 1 fully saturated rings. The van der Waals surface area contributed by atoms with Crippen LogP contribution in [0.5, 0.6) is 0 Å². The Morgan fingerprint density at radius 3 is 2.62 bits per heavy atom. The fraction of sp³-hybridized carbons (Fsp3) is 0.538. The Labute approximate surface area is 94.1 Å². The predicted molar refractivity (Wildman–Crippen MR) is 58.0 cm³/mol. The number of aliphatic hydroxyl groups excluding tert-OH is 1. The first kappa shape index (κ1) is 11.5. The Bertz CT molecular complexity index is 359. The first-order valence-electron chi connectivity index (χ1n) is 5.79. The molecule has 3 heteroatoms. The van der Waals surface area contributed by atoms with Crippen molar-refractivity contribution >= 4 is 0 Å². The summed E-state index contributed by atoms with van der Waals surface area (Å²) in [5, 5.41) is 9.93. The van der Waals surface area contributed by atoms with Crippen molar-refractivity contribution in [2.24, 2.45) is 5.92 Å². The number of rotatable bonds is 3. The molecule has 1 atom stereocenters. The highest BCUT2D eigenvalue weighted by atomic mass is 19.1. The normalized spacial score (nSPS) is 18.9. The number of aliphatic hydroxyl groups is 1. The minimum absolute atomic E-state index is 0.217. The zero-order valence-electron chi connectivity index (χ0n) is 9.13. The largest absolute Gasteiger partial charge is 0.392 e. The molecule has 0 heterocycles. The van der Waals surface area contributed by atoms with Gasteiger partial charge >= 0.3 is 0 Å². The van der Waals surface area contributed by atoms with E-state index >= 15 is 0 Å². The van der Waals surface area contributed by atoms with Gasteiger partial charge in [0, 0.05) is 6.42 Å². The molecule has 1 unspecified atom stereocenters. The Morgan fingerprint density at radius 2 is 1.94 bits per heavy atom. The topological polar surface area (TPSA) is 20.2 Å². The molecule has 1 aromatic rings. The van der Waals surface area contributed by atoms with Crippen molar-refractivity contribution in [3.8, 4) is 0 Å². The lowest BCUT2D eigenvalue weighted by Crippen LogP contribution is -2.21. The van der Waals surface area contributed by atoms with Gasteiger partial charge in [-0.1, -0.05) is 12.8 Å². The van der Waals surface area contributed by atoms with Crippen molar-refractivity contribution in [3.05, 3.63) is 35.4 Å². The summed E-state index contributed by atoms with van der Waals surface area (Å²) in [6.45, 7) is 0. The van der Waals surface area contributed by atoms with Crippen molar-refractivity contribution in [1.82, 2.24) is 0 Å². The van der Waals surface area contributed by atoms with Crippen LogP contribution < -0.4 is 0 Å². The van der Waals surface area contributed by atoms with Gasteiger partial charge in [-0.15, -0.1) is 0 Å². The van der Waals surface area contributed by atoms with E-state index in [1.54, 1.807) is 0 Å². The molecule has 0 saturated heterocycles. The summed E-state index contributed by atoms with van der Waals surface area (Å²) in [7, 11) is 0. The Hall–Kier alpha value is -0.960. The minimum Gasteiger partial charge on any atom is -0.392 e. The van der Waals surface area contributed by atoms with Crippen LogP contribution in [-0.2, 0) is 6.42 Å². The average Bonchev–Trinajstić information content (AvgIpc) is 2.76. The molecular formula is C13H16F2O. The highest BCUT2D eigenvalue weighted by Gasteiger charge is 2.24. The molecule has 1 aliphatic carbocycles. The summed E-state index contributed by atoms with van der Waals surface area (Å²) < 4.78 is 26.3. The molecule has 0 radical (unpaired) electrons. The molecule has 0 spiro atoms. The third-order valence-corrected chi connectivity index (χ3v) is 3.38. The summed E-state index contributed by atoms with van der Waals surface area (Å²) in [6.07, 6.45) is 3.93. The van der Waals surface area contributed by atoms with Crippen molar-refractivity contribution in [3.63, 3.8) is 0 Å². The van der Waals surface area contributed by atoms with E-state index in [4.69, 9.17) is 0 Å². The van der Waals surface area contributed by atoms with Crippen molar-refractivity contribution in [2.45, 2.75) is 38.2 Å². The SMILES string of the molecule is OC(Cc1cc(F)ccc1F)C1CCCC1. The Kier molecular flexibility index (Phi) is 3.54. The molecule has 0 bridgehead atoms. The van der Waals surface area contributed by atoms with Crippen LogP contribution in [-0.4, -0.2) is 11.2 Å². The minimum atomic E-state index is -0.543. The van der Waals surface area contributed by atoms with Crippen LogP contribution in [0.2, 0.25) is 0 Å². The van der Waals surface area contributed by atoms with Gasteiger partial charge in [-0.25, -0.2) is 8.78 Å². The van der Waals surface area contributed by atoms with Gasteiger partial charge in [-0.3, -0.25) is 0 Å². The summed E-state index contributed by atoms with van der Waals surface area (Å²) in [4.78, 5) is 0. The van der Waals surface area contributed by atoms with E-state index in [-0.39, 0.29) is 17.9 Å². The fourth-order valence-corrected chi connectivity index (χ4v) is 2.43. The maximum absolute atomic E-state index is 13.3. The van der Waals surface area contributed by atoms with Gasteiger partial charge in [-0.05, 0) is 42.5 Å². The van der Waals surface area contributed by atoms with Gasteiger partial charge in [-0.2, -0.15) is 0 Å². The van der Waals surface area contributed by atoms with E-state index in [0.717, 1.165) is 37.8 Å². The van der Waals surface area contributed by atoms with Crippen molar-refractivity contribution in [1.29, 1.82) is 0 Å². The van der Waals surface area contributed by atoms with Crippen LogP contribution in [0.1, 0.15) is 31.2 Å².